The third-order valence-electron chi connectivity index (χ3n) is 4.37. The maximum Gasteiger partial charge on any atom is 0.182 e. The quantitative estimate of drug-likeness (QED) is 0.724. The van der Waals surface area contributed by atoms with E-state index in [0.717, 1.165) is 0 Å². The zero-order valence-corrected chi connectivity index (χ0v) is 16.1. The maximum atomic E-state index is 12.7. The molecule has 1 aromatic rings. The lowest BCUT2D eigenvalue weighted by Crippen LogP contribution is -2.35. The van der Waals surface area contributed by atoms with Gasteiger partial charge in [-0.05, 0) is 54.2 Å². The fourth-order valence-corrected chi connectivity index (χ4v) is 5.77. The number of benzene rings is 1. The molecule has 1 aliphatic rings. The fourth-order valence-electron chi connectivity index (χ4n) is 2.92. The average Bonchev–Trinajstić information content (AvgIpc) is 2.49. The van der Waals surface area contributed by atoms with Crippen LogP contribution >= 0.6 is 15.9 Å². The second kappa shape index (κ2) is 6.40. The number of ether oxygens (including phenoxy) is 1. The Balaban J connectivity index is 2.40. The molecule has 1 aromatic carbocycles. The van der Waals surface area contributed by atoms with Crippen LogP contribution in [0.5, 0.6) is 5.75 Å². The van der Waals surface area contributed by atoms with E-state index in [1.807, 2.05) is 13.8 Å². The highest BCUT2D eigenvalue weighted by Crippen LogP contribution is 2.42. The Labute approximate surface area is 146 Å². The lowest BCUT2D eigenvalue weighted by molar-refractivity contribution is -0.116. The molecule has 0 aliphatic heterocycles. The lowest BCUT2D eigenvalue weighted by atomic mass is 9.73. The van der Waals surface area contributed by atoms with Crippen molar-refractivity contribution in [3.63, 3.8) is 0 Å². The molecule has 0 fully saturated rings. The van der Waals surface area contributed by atoms with Gasteiger partial charge in [0.15, 0.2) is 15.6 Å². The Bertz CT molecular complexity index is 745. The molecule has 1 unspecified atom stereocenters. The molecule has 4 nitrogen and oxygen atoms in total. The van der Waals surface area contributed by atoms with E-state index in [9.17, 15) is 13.2 Å². The van der Waals surface area contributed by atoms with Crippen molar-refractivity contribution in [3.05, 3.63) is 35.4 Å². The van der Waals surface area contributed by atoms with Crippen LogP contribution in [0.4, 0.5) is 0 Å². The van der Waals surface area contributed by atoms with Crippen molar-refractivity contribution in [2.75, 3.05) is 12.9 Å². The number of ketones is 1. The molecule has 1 atom stereocenters. The molecule has 0 spiro atoms. The van der Waals surface area contributed by atoms with Crippen LogP contribution in [0.1, 0.15) is 27.2 Å². The number of methoxy groups -OCH3 is 1. The van der Waals surface area contributed by atoms with Crippen molar-refractivity contribution in [2.45, 2.75) is 36.9 Å². The van der Waals surface area contributed by atoms with Crippen LogP contribution in [-0.4, -0.2) is 31.9 Å². The van der Waals surface area contributed by atoms with Crippen LogP contribution in [0.25, 0.3) is 0 Å². The molecule has 0 heterocycles. The third kappa shape index (κ3) is 3.69. The maximum absolute atomic E-state index is 12.7. The van der Waals surface area contributed by atoms with E-state index in [-0.39, 0.29) is 26.7 Å². The van der Waals surface area contributed by atoms with Gasteiger partial charge in [0.25, 0.3) is 0 Å². The molecule has 1 aliphatic carbocycles. The number of hydrogen-bond donors (Lipinski definition) is 0. The smallest absolute Gasteiger partial charge is 0.182 e. The minimum absolute atomic E-state index is 0.0238. The predicted molar refractivity (Wildman–Crippen MR) is 93.9 cm³/mol. The highest BCUT2D eigenvalue weighted by molar-refractivity contribution is 9.10. The number of carbonyl (C=O) groups is 1. The minimum atomic E-state index is -3.51. The van der Waals surface area contributed by atoms with Gasteiger partial charge in [-0.15, -0.1) is 0 Å². The summed E-state index contributed by atoms with van der Waals surface area (Å²) in [6, 6.07) is 6.32. The standard InChI is InChI=1S/C17H21BrO4S/c1-11-14(17(2,3)9-15(18)16(11)19)10-23(20,21)13-7-5-12(22-4)6-8-13/h5-8,15H,9-10H2,1-4H3. The summed E-state index contributed by atoms with van der Waals surface area (Å²) in [6.45, 7) is 5.68. The highest BCUT2D eigenvalue weighted by Gasteiger charge is 2.39. The first-order valence-corrected chi connectivity index (χ1v) is 9.90. The second-order valence-corrected chi connectivity index (χ2v) is 9.55. The van der Waals surface area contributed by atoms with Crippen molar-refractivity contribution >= 4 is 31.6 Å². The first-order chi connectivity index (χ1) is 10.6. The lowest BCUT2D eigenvalue weighted by Gasteiger charge is -2.36. The first-order valence-electron chi connectivity index (χ1n) is 7.34. The number of alkyl halides is 1. The van der Waals surface area contributed by atoms with Crippen LogP contribution in [0.15, 0.2) is 40.3 Å². The number of hydrogen-bond acceptors (Lipinski definition) is 4. The molecule has 0 bridgehead atoms. The molecule has 0 saturated carbocycles. The Morgan fingerprint density at radius 1 is 1.26 bits per heavy atom. The number of Topliss-reactive ketones (excluding diaryl/α,β-unsaturated/α-hetero) is 1. The Hall–Kier alpha value is -1.14. The van der Waals surface area contributed by atoms with Crippen molar-refractivity contribution < 1.29 is 17.9 Å². The second-order valence-electron chi connectivity index (χ2n) is 6.46. The molecule has 0 radical (unpaired) electrons. The SMILES string of the molecule is COc1ccc(S(=O)(=O)CC2=C(C)C(=O)C(Br)CC2(C)C)cc1. The molecular formula is C17H21BrO4S. The van der Waals surface area contributed by atoms with Gasteiger partial charge in [-0.25, -0.2) is 8.42 Å². The number of allylic oxidation sites excluding steroid dienone is 1. The van der Waals surface area contributed by atoms with E-state index in [2.05, 4.69) is 15.9 Å². The van der Waals surface area contributed by atoms with E-state index >= 15 is 0 Å². The summed E-state index contributed by atoms with van der Waals surface area (Å²) < 4.78 is 30.5. The summed E-state index contributed by atoms with van der Waals surface area (Å²) >= 11 is 3.39. The molecule has 6 heteroatoms. The zero-order chi connectivity index (χ0) is 17.4. The fraction of sp³-hybridized carbons (Fsp3) is 0.471. The number of rotatable bonds is 4. The molecule has 126 valence electrons. The Morgan fingerprint density at radius 3 is 2.35 bits per heavy atom. The molecule has 0 amide bonds. The summed E-state index contributed by atoms with van der Waals surface area (Å²) in [5, 5.41) is 0. The minimum Gasteiger partial charge on any atom is -0.497 e. The van der Waals surface area contributed by atoms with Gasteiger partial charge in [-0.1, -0.05) is 29.8 Å². The van der Waals surface area contributed by atoms with E-state index in [1.165, 1.54) is 19.2 Å². The van der Waals surface area contributed by atoms with Crippen molar-refractivity contribution in [1.29, 1.82) is 0 Å². The van der Waals surface area contributed by atoms with Crippen LogP contribution in [0, 0.1) is 5.41 Å². The average molecular weight is 401 g/mol. The summed E-state index contributed by atoms with van der Waals surface area (Å²) in [5.74, 6) is 0.447. The van der Waals surface area contributed by atoms with Crippen LogP contribution in [0.3, 0.4) is 0 Å². The van der Waals surface area contributed by atoms with Gasteiger partial charge in [0.1, 0.15) is 5.75 Å². The zero-order valence-electron chi connectivity index (χ0n) is 13.7. The van der Waals surface area contributed by atoms with Crippen molar-refractivity contribution in [3.8, 4) is 5.75 Å². The van der Waals surface area contributed by atoms with Gasteiger partial charge in [0.05, 0.1) is 22.6 Å². The Kier molecular flexibility index (Phi) is 5.06. The monoisotopic (exact) mass is 400 g/mol. The molecule has 0 saturated heterocycles. The molecule has 23 heavy (non-hydrogen) atoms. The van der Waals surface area contributed by atoms with Gasteiger partial charge in [0.2, 0.25) is 0 Å². The van der Waals surface area contributed by atoms with Crippen molar-refractivity contribution in [2.24, 2.45) is 5.41 Å². The van der Waals surface area contributed by atoms with E-state index < -0.39 is 9.84 Å². The predicted octanol–water partition coefficient (Wildman–Crippen LogP) is 3.55. The van der Waals surface area contributed by atoms with E-state index in [4.69, 9.17) is 4.74 Å². The normalized spacial score (nSPS) is 21.4. The summed E-state index contributed by atoms with van der Waals surface area (Å²) in [5.41, 5.74) is 0.917. The molecule has 2 rings (SSSR count). The molecule has 0 aromatic heterocycles. The van der Waals surface area contributed by atoms with Gasteiger partial charge in [-0.2, -0.15) is 0 Å². The topological polar surface area (TPSA) is 60.4 Å². The van der Waals surface area contributed by atoms with Crippen LogP contribution in [0.2, 0.25) is 0 Å². The molecule has 0 N–H and O–H groups in total. The van der Waals surface area contributed by atoms with E-state index in [0.29, 0.717) is 23.3 Å². The Morgan fingerprint density at radius 2 is 1.83 bits per heavy atom. The van der Waals surface area contributed by atoms with Crippen LogP contribution in [-0.2, 0) is 14.6 Å². The summed E-state index contributed by atoms with van der Waals surface area (Å²) in [6.07, 6.45) is 0.594. The third-order valence-corrected chi connectivity index (χ3v) is 6.76. The molecular weight excluding hydrogens is 380 g/mol. The number of halogens is 1. The number of sulfone groups is 1. The first kappa shape index (κ1) is 18.2. The van der Waals surface area contributed by atoms with Gasteiger partial charge < -0.3 is 4.74 Å². The summed E-state index contributed by atoms with van der Waals surface area (Å²) in [4.78, 5) is 12.2. The van der Waals surface area contributed by atoms with Gasteiger partial charge >= 0.3 is 0 Å². The van der Waals surface area contributed by atoms with Crippen LogP contribution < -0.4 is 4.74 Å². The van der Waals surface area contributed by atoms with Gasteiger partial charge in [-0.3, -0.25) is 4.79 Å². The summed E-state index contributed by atoms with van der Waals surface area (Å²) in [7, 11) is -1.98. The highest BCUT2D eigenvalue weighted by atomic mass is 79.9. The largest absolute Gasteiger partial charge is 0.497 e. The van der Waals surface area contributed by atoms with Crippen molar-refractivity contribution in [1.82, 2.24) is 0 Å². The van der Waals surface area contributed by atoms with Gasteiger partial charge in [0, 0.05) is 0 Å². The number of carbonyl (C=O) groups excluding carboxylic acids is 1. The van der Waals surface area contributed by atoms with E-state index in [1.54, 1.807) is 19.1 Å².